The number of hydrogen-bond acceptors (Lipinski definition) is 2. The molecule has 3 aromatic rings. The summed E-state index contributed by atoms with van der Waals surface area (Å²) in [5.74, 6) is -1.14. The summed E-state index contributed by atoms with van der Waals surface area (Å²) in [7, 11) is 1.75. The minimum atomic E-state index is -1.03. The van der Waals surface area contributed by atoms with Gasteiger partial charge in [-0.2, -0.15) is 0 Å². The smallest absolute Gasteiger partial charge is 0.352 e. The first-order chi connectivity index (χ1) is 12.1. The number of carbonyl (C=O) groups excluding carboxylic acids is 1. The SMILES string of the molecule is CN(CCc1ccccc1)C(=O)Cn1c(C(=O)O)cc2ccccc21. The Morgan fingerprint density at radius 2 is 1.72 bits per heavy atom. The second-order valence-corrected chi connectivity index (χ2v) is 6.03. The second-order valence-electron chi connectivity index (χ2n) is 6.03. The number of fused-ring (bicyclic) bond motifs is 1. The van der Waals surface area contributed by atoms with Gasteiger partial charge in [0.15, 0.2) is 0 Å². The van der Waals surface area contributed by atoms with E-state index in [0.717, 1.165) is 17.3 Å². The summed E-state index contributed by atoms with van der Waals surface area (Å²) in [4.78, 5) is 25.7. The number of aromatic carboxylic acids is 1. The fourth-order valence-corrected chi connectivity index (χ4v) is 2.88. The van der Waals surface area contributed by atoms with E-state index in [1.807, 2.05) is 54.6 Å². The number of hydrogen-bond donors (Lipinski definition) is 1. The van der Waals surface area contributed by atoms with Crippen molar-refractivity contribution in [2.45, 2.75) is 13.0 Å². The summed E-state index contributed by atoms with van der Waals surface area (Å²) in [6.07, 6.45) is 0.765. The van der Waals surface area contributed by atoms with E-state index in [0.29, 0.717) is 6.54 Å². The van der Waals surface area contributed by atoms with E-state index in [9.17, 15) is 14.7 Å². The maximum atomic E-state index is 12.6. The fourth-order valence-electron chi connectivity index (χ4n) is 2.88. The lowest BCUT2D eigenvalue weighted by atomic mass is 10.1. The molecule has 0 aliphatic carbocycles. The average molecular weight is 336 g/mol. The minimum Gasteiger partial charge on any atom is -0.477 e. The van der Waals surface area contributed by atoms with Crippen LogP contribution in [0.3, 0.4) is 0 Å². The van der Waals surface area contributed by atoms with Crippen LogP contribution in [0.15, 0.2) is 60.7 Å². The number of carboxylic acid groups (broad SMARTS) is 1. The summed E-state index contributed by atoms with van der Waals surface area (Å²) in [6.45, 7) is 0.602. The molecule has 0 aliphatic rings. The second kappa shape index (κ2) is 7.21. The van der Waals surface area contributed by atoms with Gasteiger partial charge in [0, 0.05) is 24.5 Å². The standard InChI is InChI=1S/C20H20N2O3/c1-21(12-11-15-7-3-2-4-8-15)19(23)14-22-17-10-6-5-9-16(17)13-18(22)20(24)25/h2-10,13H,11-12,14H2,1H3,(H,24,25). The molecule has 1 amide bonds. The molecule has 0 unspecified atom stereocenters. The zero-order chi connectivity index (χ0) is 17.8. The Morgan fingerprint density at radius 1 is 1.04 bits per heavy atom. The van der Waals surface area contributed by atoms with E-state index in [4.69, 9.17) is 0 Å². The average Bonchev–Trinajstić information content (AvgIpc) is 2.99. The van der Waals surface area contributed by atoms with Crippen LogP contribution in [0.1, 0.15) is 16.1 Å². The molecule has 2 aromatic carbocycles. The van der Waals surface area contributed by atoms with E-state index in [-0.39, 0.29) is 18.1 Å². The molecule has 0 bridgehead atoms. The normalized spacial score (nSPS) is 10.8. The molecule has 0 saturated carbocycles. The van der Waals surface area contributed by atoms with Crippen molar-refractivity contribution in [3.8, 4) is 0 Å². The van der Waals surface area contributed by atoms with E-state index < -0.39 is 5.97 Å². The molecule has 5 nitrogen and oxygen atoms in total. The topological polar surface area (TPSA) is 62.5 Å². The maximum Gasteiger partial charge on any atom is 0.352 e. The van der Waals surface area contributed by atoms with Crippen molar-refractivity contribution in [3.05, 3.63) is 71.9 Å². The fraction of sp³-hybridized carbons (Fsp3) is 0.200. The molecule has 0 aliphatic heterocycles. The monoisotopic (exact) mass is 336 g/mol. The lowest BCUT2D eigenvalue weighted by Gasteiger charge is -2.18. The highest BCUT2D eigenvalue weighted by Gasteiger charge is 2.18. The molecule has 0 saturated heterocycles. The van der Waals surface area contributed by atoms with E-state index >= 15 is 0 Å². The van der Waals surface area contributed by atoms with Crippen molar-refractivity contribution in [3.63, 3.8) is 0 Å². The maximum absolute atomic E-state index is 12.6. The summed E-state index contributed by atoms with van der Waals surface area (Å²) in [5, 5.41) is 10.2. The number of aromatic nitrogens is 1. The summed E-state index contributed by atoms with van der Waals surface area (Å²) in [6, 6.07) is 18.9. The van der Waals surface area contributed by atoms with E-state index in [1.54, 1.807) is 22.6 Å². The van der Waals surface area contributed by atoms with Crippen LogP contribution in [-0.2, 0) is 17.8 Å². The molecular formula is C20H20N2O3. The van der Waals surface area contributed by atoms with Crippen molar-refractivity contribution in [2.24, 2.45) is 0 Å². The molecule has 0 fully saturated rings. The van der Waals surface area contributed by atoms with Crippen LogP contribution in [0.4, 0.5) is 0 Å². The quantitative estimate of drug-likeness (QED) is 0.752. The van der Waals surface area contributed by atoms with Crippen molar-refractivity contribution >= 4 is 22.8 Å². The Hall–Kier alpha value is -3.08. The first-order valence-electron chi connectivity index (χ1n) is 8.15. The molecule has 128 valence electrons. The van der Waals surface area contributed by atoms with Crippen LogP contribution in [0.25, 0.3) is 10.9 Å². The predicted octanol–water partition coefficient (Wildman–Crippen LogP) is 3.04. The third-order valence-corrected chi connectivity index (χ3v) is 4.33. The highest BCUT2D eigenvalue weighted by atomic mass is 16.4. The molecule has 1 N–H and O–H groups in total. The molecule has 1 aromatic heterocycles. The number of carbonyl (C=O) groups is 2. The van der Waals surface area contributed by atoms with Gasteiger partial charge in [0.1, 0.15) is 12.2 Å². The van der Waals surface area contributed by atoms with Crippen LogP contribution < -0.4 is 0 Å². The van der Waals surface area contributed by atoms with Gasteiger partial charge >= 0.3 is 5.97 Å². The van der Waals surface area contributed by atoms with Crippen molar-refractivity contribution in [1.29, 1.82) is 0 Å². The lowest BCUT2D eigenvalue weighted by Crippen LogP contribution is -2.32. The van der Waals surface area contributed by atoms with Gasteiger partial charge in [0.25, 0.3) is 0 Å². The largest absolute Gasteiger partial charge is 0.477 e. The molecule has 0 atom stereocenters. The third kappa shape index (κ3) is 3.71. The Morgan fingerprint density at radius 3 is 2.44 bits per heavy atom. The zero-order valence-corrected chi connectivity index (χ0v) is 14.1. The van der Waals surface area contributed by atoms with Crippen LogP contribution in [0.5, 0.6) is 0 Å². The minimum absolute atomic E-state index is 0.0143. The van der Waals surface area contributed by atoms with Crippen LogP contribution in [0, 0.1) is 0 Å². The summed E-state index contributed by atoms with van der Waals surface area (Å²) >= 11 is 0. The number of nitrogens with zero attached hydrogens (tertiary/aromatic N) is 2. The Kier molecular flexibility index (Phi) is 4.84. The van der Waals surface area contributed by atoms with Crippen molar-refractivity contribution < 1.29 is 14.7 Å². The molecule has 25 heavy (non-hydrogen) atoms. The molecule has 3 rings (SSSR count). The van der Waals surface area contributed by atoms with Gasteiger partial charge in [-0.1, -0.05) is 48.5 Å². The van der Waals surface area contributed by atoms with Gasteiger partial charge in [-0.15, -0.1) is 0 Å². The summed E-state index contributed by atoms with van der Waals surface area (Å²) < 4.78 is 1.57. The third-order valence-electron chi connectivity index (χ3n) is 4.33. The van der Waals surface area contributed by atoms with Gasteiger partial charge < -0.3 is 14.6 Å². The Balaban J connectivity index is 1.75. The highest BCUT2D eigenvalue weighted by Crippen LogP contribution is 2.20. The van der Waals surface area contributed by atoms with E-state index in [1.165, 1.54) is 5.56 Å². The van der Waals surface area contributed by atoms with Gasteiger partial charge in [0.2, 0.25) is 5.91 Å². The molecule has 0 spiro atoms. The number of carboxylic acids is 1. The molecule has 1 heterocycles. The van der Waals surface area contributed by atoms with Gasteiger partial charge in [-0.3, -0.25) is 4.79 Å². The lowest BCUT2D eigenvalue weighted by molar-refractivity contribution is -0.130. The van der Waals surface area contributed by atoms with Crippen LogP contribution >= 0.6 is 0 Å². The number of para-hydroxylation sites is 1. The molecular weight excluding hydrogens is 316 g/mol. The predicted molar refractivity (Wildman–Crippen MR) is 96.7 cm³/mol. The van der Waals surface area contributed by atoms with Gasteiger partial charge in [-0.25, -0.2) is 4.79 Å². The Labute approximate surface area is 146 Å². The van der Waals surface area contributed by atoms with Crippen molar-refractivity contribution in [1.82, 2.24) is 9.47 Å². The summed E-state index contributed by atoms with van der Waals surface area (Å²) in [5.41, 5.74) is 2.05. The van der Waals surface area contributed by atoms with Crippen LogP contribution in [0.2, 0.25) is 0 Å². The first kappa shape index (κ1) is 16.8. The molecule has 0 radical (unpaired) electrons. The zero-order valence-electron chi connectivity index (χ0n) is 14.1. The number of rotatable bonds is 6. The molecule has 5 heteroatoms. The number of amides is 1. The highest BCUT2D eigenvalue weighted by molar-refractivity contribution is 5.95. The van der Waals surface area contributed by atoms with E-state index in [2.05, 4.69) is 0 Å². The Bertz CT molecular complexity index is 900. The van der Waals surface area contributed by atoms with Crippen LogP contribution in [-0.4, -0.2) is 40.0 Å². The van der Waals surface area contributed by atoms with Gasteiger partial charge in [0.05, 0.1) is 0 Å². The first-order valence-corrected chi connectivity index (χ1v) is 8.15. The van der Waals surface area contributed by atoms with Crippen molar-refractivity contribution in [2.75, 3.05) is 13.6 Å². The van der Waals surface area contributed by atoms with Gasteiger partial charge in [-0.05, 0) is 24.1 Å². The number of likely N-dealkylation sites (N-methyl/N-ethyl adjacent to an activating group) is 1. The number of benzene rings is 2.